The summed E-state index contributed by atoms with van der Waals surface area (Å²) in [7, 11) is 0. The van der Waals surface area contributed by atoms with Crippen molar-refractivity contribution in [2.75, 3.05) is 31.2 Å². The topological polar surface area (TPSA) is 38.2 Å². The molecular formula is C14H14ClN3O. The lowest BCUT2D eigenvalue weighted by Gasteiger charge is -2.27. The summed E-state index contributed by atoms with van der Waals surface area (Å²) >= 11 is 6.11. The molecule has 0 spiro atoms. The van der Waals surface area contributed by atoms with Crippen LogP contribution in [0.15, 0.2) is 36.4 Å². The third kappa shape index (κ3) is 2.85. The number of hydrogen-bond donors (Lipinski definition) is 0. The van der Waals surface area contributed by atoms with Gasteiger partial charge in [0.2, 0.25) is 5.95 Å². The van der Waals surface area contributed by atoms with Gasteiger partial charge in [-0.1, -0.05) is 41.9 Å². The van der Waals surface area contributed by atoms with E-state index in [0.29, 0.717) is 24.3 Å². The van der Waals surface area contributed by atoms with Gasteiger partial charge in [0.1, 0.15) is 5.15 Å². The molecule has 19 heavy (non-hydrogen) atoms. The van der Waals surface area contributed by atoms with Gasteiger partial charge in [-0.05, 0) is 0 Å². The highest BCUT2D eigenvalue weighted by Crippen LogP contribution is 2.23. The van der Waals surface area contributed by atoms with Gasteiger partial charge in [-0.15, -0.1) is 0 Å². The third-order valence-electron chi connectivity index (χ3n) is 3.05. The number of hydrogen-bond acceptors (Lipinski definition) is 4. The Hall–Kier alpha value is -1.65. The quantitative estimate of drug-likeness (QED) is 0.790. The number of nitrogens with zero attached hydrogens (tertiary/aromatic N) is 3. The minimum absolute atomic E-state index is 0.468. The average Bonchev–Trinajstić information content (AvgIpc) is 2.48. The number of benzene rings is 1. The van der Waals surface area contributed by atoms with Gasteiger partial charge in [0.25, 0.3) is 0 Å². The number of halogens is 1. The van der Waals surface area contributed by atoms with E-state index in [-0.39, 0.29) is 0 Å². The summed E-state index contributed by atoms with van der Waals surface area (Å²) in [6, 6.07) is 11.8. The molecule has 1 saturated heterocycles. The lowest BCUT2D eigenvalue weighted by molar-refractivity contribution is 0.122. The van der Waals surface area contributed by atoms with Crippen LogP contribution in [0.25, 0.3) is 11.3 Å². The molecule has 4 nitrogen and oxygen atoms in total. The molecule has 2 aromatic rings. The van der Waals surface area contributed by atoms with Crippen molar-refractivity contribution in [1.82, 2.24) is 9.97 Å². The highest BCUT2D eigenvalue weighted by Gasteiger charge is 2.15. The summed E-state index contributed by atoms with van der Waals surface area (Å²) in [5.41, 5.74) is 1.89. The van der Waals surface area contributed by atoms with E-state index in [9.17, 15) is 0 Å². The molecule has 1 fully saturated rings. The zero-order valence-corrected chi connectivity index (χ0v) is 11.2. The molecule has 0 bridgehead atoms. The fraction of sp³-hybridized carbons (Fsp3) is 0.286. The Labute approximate surface area is 117 Å². The van der Waals surface area contributed by atoms with Gasteiger partial charge in [0, 0.05) is 24.7 Å². The lowest BCUT2D eigenvalue weighted by Crippen LogP contribution is -2.37. The summed E-state index contributed by atoms with van der Waals surface area (Å²) in [5, 5.41) is 0.468. The third-order valence-corrected chi connectivity index (χ3v) is 3.24. The van der Waals surface area contributed by atoms with Crippen LogP contribution in [0.1, 0.15) is 0 Å². The lowest BCUT2D eigenvalue weighted by atomic mass is 10.1. The van der Waals surface area contributed by atoms with Gasteiger partial charge in [0.15, 0.2) is 0 Å². The van der Waals surface area contributed by atoms with Crippen molar-refractivity contribution in [1.29, 1.82) is 0 Å². The van der Waals surface area contributed by atoms with Crippen molar-refractivity contribution in [3.63, 3.8) is 0 Å². The molecule has 0 aliphatic carbocycles. The first-order chi connectivity index (χ1) is 9.33. The second kappa shape index (κ2) is 5.55. The maximum atomic E-state index is 6.11. The Kier molecular flexibility index (Phi) is 3.62. The number of aromatic nitrogens is 2. The van der Waals surface area contributed by atoms with Crippen LogP contribution in [0.2, 0.25) is 5.15 Å². The van der Waals surface area contributed by atoms with Crippen LogP contribution < -0.4 is 4.90 Å². The Morgan fingerprint density at radius 3 is 2.53 bits per heavy atom. The molecule has 0 radical (unpaired) electrons. The molecule has 0 atom stereocenters. The standard InChI is InChI=1S/C14H14ClN3O/c15-13-10-12(11-4-2-1-3-5-11)16-14(17-13)18-6-8-19-9-7-18/h1-5,10H,6-9H2. The van der Waals surface area contributed by atoms with Crippen LogP contribution >= 0.6 is 11.6 Å². The van der Waals surface area contributed by atoms with Crippen molar-refractivity contribution < 1.29 is 4.74 Å². The Balaban J connectivity index is 1.96. The highest BCUT2D eigenvalue weighted by molar-refractivity contribution is 6.29. The zero-order chi connectivity index (χ0) is 13.1. The number of rotatable bonds is 2. The van der Waals surface area contributed by atoms with Gasteiger partial charge >= 0.3 is 0 Å². The SMILES string of the molecule is Clc1cc(-c2ccccc2)nc(N2CCOCC2)n1. The predicted octanol–water partition coefficient (Wildman–Crippen LogP) is 2.63. The minimum atomic E-state index is 0.468. The van der Waals surface area contributed by atoms with Crippen LogP contribution in [-0.2, 0) is 4.74 Å². The minimum Gasteiger partial charge on any atom is -0.378 e. The van der Waals surface area contributed by atoms with E-state index in [1.165, 1.54) is 0 Å². The zero-order valence-electron chi connectivity index (χ0n) is 10.4. The molecule has 98 valence electrons. The summed E-state index contributed by atoms with van der Waals surface area (Å²) in [5.74, 6) is 0.676. The van der Waals surface area contributed by atoms with E-state index in [0.717, 1.165) is 24.3 Å². The molecule has 1 aromatic carbocycles. The maximum Gasteiger partial charge on any atom is 0.227 e. The first-order valence-corrected chi connectivity index (χ1v) is 6.63. The second-order valence-corrected chi connectivity index (χ2v) is 4.73. The normalized spacial score (nSPS) is 15.5. The molecule has 0 saturated carbocycles. The van der Waals surface area contributed by atoms with Crippen LogP contribution in [0.5, 0.6) is 0 Å². The second-order valence-electron chi connectivity index (χ2n) is 4.34. The van der Waals surface area contributed by atoms with E-state index >= 15 is 0 Å². The molecular weight excluding hydrogens is 262 g/mol. The molecule has 0 unspecified atom stereocenters. The van der Waals surface area contributed by atoms with Crippen molar-refractivity contribution in [2.24, 2.45) is 0 Å². The summed E-state index contributed by atoms with van der Waals surface area (Å²) in [6.45, 7) is 3.01. The smallest absolute Gasteiger partial charge is 0.227 e. The molecule has 1 aromatic heterocycles. The van der Waals surface area contributed by atoms with Crippen LogP contribution in [0.4, 0.5) is 5.95 Å². The van der Waals surface area contributed by atoms with E-state index < -0.39 is 0 Å². The molecule has 0 N–H and O–H groups in total. The maximum absolute atomic E-state index is 6.11. The summed E-state index contributed by atoms with van der Waals surface area (Å²) < 4.78 is 5.34. The summed E-state index contributed by atoms with van der Waals surface area (Å²) in [4.78, 5) is 11.0. The van der Waals surface area contributed by atoms with E-state index in [4.69, 9.17) is 16.3 Å². The molecule has 0 amide bonds. The van der Waals surface area contributed by atoms with Gasteiger partial charge in [0.05, 0.1) is 18.9 Å². The van der Waals surface area contributed by atoms with Gasteiger partial charge < -0.3 is 9.64 Å². The van der Waals surface area contributed by atoms with Gasteiger partial charge in [-0.3, -0.25) is 0 Å². The van der Waals surface area contributed by atoms with E-state index in [1.54, 1.807) is 6.07 Å². The Morgan fingerprint density at radius 1 is 1.05 bits per heavy atom. The number of anilines is 1. The first kappa shape index (κ1) is 12.4. The fourth-order valence-corrected chi connectivity index (χ4v) is 2.25. The van der Waals surface area contributed by atoms with E-state index in [2.05, 4.69) is 14.9 Å². The van der Waals surface area contributed by atoms with Crippen LogP contribution in [0.3, 0.4) is 0 Å². The highest BCUT2D eigenvalue weighted by atomic mass is 35.5. The van der Waals surface area contributed by atoms with E-state index in [1.807, 2.05) is 30.3 Å². The molecule has 1 aliphatic rings. The van der Waals surface area contributed by atoms with Crippen molar-refractivity contribution in [3.05, 3.63) is 41.6 Å². The largest absolute Gasteiger partial charge is 0.378 e. The van der Waals surface area contributed by atoms with Crippen molar-refractivity contribution >= 4 is 17.5 Å². The molecule has 3 rings (SSSR count). The summed E-state index contributed by atoms with van der Waals surface area (Å²) in [6.07, 6.45) is 0. The Bertz CT molecular complexity index is 556. The van der Waals surface area contributed by atoms with Gasteiger partial charge in [-0.25, -0.2) is 9.97 Å². The van der Waals surface area contributed by atoms with Crippen molar-refractivity contribution in [3.8, 4) is 11.3 Å². The number of morpholine rings is 1. The molecule has 5 heteroatoms. The van der Waals surface area contributed by atoms with Gasteiger partial charge in [-0.2, -0.15) is 0 Å². The monoisotopic (exact) mass is 275 g/mol. The Morgan fingerprint density at radius 2 is 1.79 bits per heavy atom. The first-order valence-electron chi connectivity index (χ1n) is 6.25. The average molecular weight is 276 g/mol. The predicted molar refractivity (Wildman–Crippen MR) is 75.5 cm³/mol. The number of ether oxygens (including phenoxy) is 1. The molecule has 2 heterocycles. The van der Waals surface area contributed by atoms with Crippen LogP contribution in [-0.4, -0.2) is 36.3 Å². The molecule has 1 aliphatic heterocycles. The fourth-order valence-electron chi connectivity index (χ4n) is 2.07. The van der Waals surface area contributed by atoms with Crippen LogP contribution in [0, 0.1) is 0 Å². The van der Waals surface area contributed by atoms with Crippen molar-refractivity contribution in [2.45, 2.75) is 0 Å².